The molecule has 0 saturated carbocycles. The monoisotopic (exact) mass is 475 g/mol. The van der Waals surface area contributed by atoms with E-state index in [1.54, 1.807) is 18.6 Å². The molecule has 2 atom stereocenters. The van der Waals surface area contributed by atoms with Crippen LogP contribution in [0.3, 0.4) is 0 Å². The Balaban J connectivity index is 1.28. The molecule has 4 aromatic rings. The number of halogens is 1. The Labute approximate surface area is 200 Å². The molecule has 0 aliphatic carbocycles. The summed E-state index contributed by atoms with van der Waals surface area (Å²) in [6.07, 6.45) is 6.96. The molecule has 172 valence electrons. The molecule has 11 nitrogen and oxygen atoms in total. The lowest BCUT2D eigenvalue weighted by Gasteiger charge is -2.39. The van der Waals surface area contributed by atoms with Gasteiger partial charge in [0, 0.05) is 37.1 Å². The molecule has 0 spiro atoms. The lowest BCUT2D eigenvalue weighted by molar-refractivity contribution is 0.365. The third-order valence-corrected chi connectivity index (χ3v) is 6.25. The number of nitrogens with one attached hydrogen (secondary N) is 2. The van der Waals surface area contributed by atoms with E-state index in [2.05, 4.69) is 52.8 Å². The van der Waals surface area contributed by atoms with Crippen molar-refractivity contribution in [1.29, 1.82) is 5.26 Å². The lowest BCUT2D eigenvalue weighted by Crippen LogP contribution is -2.46. The molecule has 0 bridgehead atoms. The van der Waals surface area contributed by atoms with E-state index >= 15 is 0 Å². The van der Waals surface area contributed by atoms with Crippen LogP contribution in [-0.4, -0.2) is 53.9 Å². The minimum absolute atomic E-state index is 0.195. The molecule has 2 unspecified atom stereocenters. The number of rotatable bonds is 6. The maximum Gasteiger partial charge on any atom is 0.229 e. The molecule has 1 saturated heterocycles. The Morgan fingerprint density at radius 2 is 2.15 bits per heavy atom. The predicted molar refractivity (Wildman–Crippen MR) is 128 cm³/mol. The molecular formula is C22H22ClN11. The van der Waals surface area contributed by atoms with Gasteiger partial charge in [0.2, 0.25) is 5.95 Å². The Morgan fingerprint density at radius 3 is 2.94 bits per heavy atom. The van der Waals surface area contributed by atoms with Crippen LogP contribution < -0.4 is 15.5 Å². The summed E-state index contributed by atoms with van der Waals surface area (Å²) in [6.45, 7) is 3.80. The van der Waals surface area contributed by atoms with Gasteiger partial charge in [0.15, 0.2) is 23.0 Å². The van der Waals surface area contributed by atoms with Crippen molar-refractivity contribution >= 4 is 40.5 Å². The van der Waals surface area contributed by atoms with Gasteiger partial charge in [0.25, 0.3) is 0 Å². The molecule has 12 heteroatoms. The van der Waals surface area contributed by atoms with Crippen molar-refractivity contribution in [3.05, 3.63) is 53.7 Å². The van der Waals surface area contributed by atoms with Gasteiger partial charge in [-0.1, -0.05) is 18.5 Å². The molecule has 0 aromatic carbocycles. The van der Waals surface area contributed by atoms with Crippen molar-refractivity contribution in [2.75, 3.05) is 28.6 Å². The molecule has 1 fully saturated rings. The first-order chi connectivity index (χ1) is 16.6. The normalized spacial score (nSPS) is 18.0. The van der Waals surface area contributed by atoms with E-state index in [-0.39, 0.29) is 6.04 Å². The summed E-state index contributed by atoms with van der Waals surface area (Å²) >= 11 is 6.43. The van der Waals surface area contributed by atoms with Gasteiger partial charge in [-0.05, 0) is 37.0 Å². The van der Waals surface area contributed by atoms with Crippen LogP contribution in [0.4, 0.5) is 23.3 Å². The summed E-state index contributed by atoms with van der Waals surface area (Å²) in [5.41, 5.74) is 1.84. The molecule has 5 heterocycles. The fourth-order valence-corrected chi connectivity index (χ4v) is 4.27. The van der Waals surface area contributed by atoms with Gasteiger partial charge < -0.3 is 15.5 Å². The molecule has 1 aliphatic rings. The first kappa shape index (κ1) is 21.8. The van der Waals surface area contributed by atoms with Gasteiger partial charge in [0.1, 0.15) is 17.4 Å². The number of nitriles is 1. The zero-order valence-electron chi connectivity index (χ0n) is 18.4. The zero-order valence-corrected chi connectivity index (χ0v) is 19.2. The molecule has 34 heavy (non-hydrogen) atoms. The number of nitrogens with zero attached hydrogens (tertiary/aromatic N) is 9. The van der Waals surface area contributed by atoms with Crippen LogP contribution in [0.5, 0.6) is 0 Å². The topological polar surface area (TPSA) is 133 Å². The first-order valence-electron chi connectivity index (χ1n) is 11.0. The van der Waals surface area contributed by atoms with Crippen LogP contribution in [0.25, 0.3) is 5.65 Å². The average molecular weight is 476 g/mol. The van der Waals surface area contributed by atoms with Crippen molar-refractivity contribution in [1.82, 2.24) is 34.8 Å². The van der Waals surface area contributed by atoms with E-state index in [1.165, 1.54) is 0 Å². The fraction of sp³-hybridized carbons (Fsp3) is 0.318. The van der Waals surface area contributed by atoms with Gasteiger partial charge in [-0.15, -0.1) is 20.4 Å². The quantitative estimate of drug-likeness (QED) is 0.427. The Morgan fingerprint density at radius 1 is 1.24 bits per heavy atom. The fourth-order valence-electron chi connectivity index (χ4n) is 4.13. The maximum atomic E-state index is 8.95. The summed E-state index contributed by atoms with van der Waals surface area (Å²) in [7, 11) is 0. The van der Waals surface area contributed by atoms with E-state index in [0.717, 1.165) is 43.1 Å². The molecule has 5 rings (SSSR count). The number of aromatic nitrogens is 7. The van der Waals surface area contributed by atoms with Crippen molar-refractivity contribution in [3.8, 4) is 6.07 Å². The number of hydrogen-bond donors (Lipinski definition) is 2. The van der Waals surface area contributed by atoms with Crippen molar-refractivity contribution in [2.24, 2.45) is 5.92 Å². The molecule has 4 aromatic heterocycles. The van der Waals surface area contributed by atoms with E-state index in [4.69, 9.17) is 16.9 Å². The van der Waals surface area contributed by atoms with Crippen LogP contribution in [-0.2, 0) is 0 Å². The van der Waals surface area contributed by atoms with E-state index in [1.807, 2.05) is 34.9 Å². The second-order valence-corrected chi connectivity index (χ2v) is 8.48. The highest BCUT2D eigenvalue weighted by molar-refractivity contribution is 6.32. The van der Waals surface area contributed by atoms with E-state index in [9.17, 15) is 0 Å². The summed E-state index contributed by atoms with van der Waals surface area (Å²) in [5.74, 6) is 2.17. The Bertz CT molecular complexity index is 1330. The first-order valence-corrected chi connectivity index (χ1v) is 11.3. The van der Waals surface area contributed by atoms with E-state index in [0.29, 0.717) is 28.4 Å². The van der Waals surface area contributed by atoms with Gasteiger partial charge in [-0.2, -0.15) is 10.2 Å². The highest BCUT2D eigenvalue weighted by Crippen LogP contribution is 2.29. The largest absolute Gasteiger partial charge is 0.366 e. The highest BCUT2D eigenvalue weighted by Gasteiger charge is 2.29. The number of anilines is 4. The van der Waals surface area contributed by atoms with Crippen molar-refractivity contribution in [2.45, 2.75) is 25.8 Å². The SMILES string of the molecule is CCC1CN(c2ccc(C#N)nn2)CCC1Nc1nc(Nc2ccn3cnnc3c2)ncc1Cl. The minimum Gasteiger partial charge on any atom is -0.366 e. The van der Waals surface area contributed by atoms with Gasteiger partial charge in [0.05, 0.1) is 6.20 Å². The predicted octanol–water partition coefficient (Wildman–Crippen LogP) is 3.29. The summed E-state index contributed by atoms with van der Waals surface area (Å²) in [5, 5.41) is 32.3. The van der Waals surface area contributed by atoms with Crippen LogP contribution in [0.15, 0.2) is 43.0 Å². The standard InChI is InChI=1S/C22H22ClN11/c1-2-14-12-33(19-4-3-16(10-24)30-32-19)8-6-18(14)28-21-17(23)11-25-22(29-21)27-15-5-7-34-13-26-31-20(34)9-15/h3-5,7,9,11,13-14,18H,2,6,8,12H2,1H3,(H2,25,27,28,29). The molecular weight excluding hydrogens is 454 g/mol. The Kier molecular flexibility index (Phi) is 6.05. The summed E-state index contributed by atoms with van der Waals surface area (Å²) in [4.78, 5) is 11.1. The third-order valence-electron chi connectivity index (χ3n) is 5.97. The smallest absolute Gasteiger partial charge is 0.229 e. The molecule has 2 N–H and O–H groups in total. The zero-order chi connectivity index (χ0) is 23.5. The molecule has 0 amide bonds. The second kappa shape index (κ2) is 9.44. The highest BCUT2D eigenvalue weighted by atomic mass is 35.5. The van der Waals surface area contributed by atoms with Crippen LogP contribution in [0.2, 0.25) is 5.02 Å². The van der Waals surface area contributed by atoms with Gasteiger partial charge in [-0.25, -0.2) is 4.98 Å². The van der Waals surface area contributed by atoms with Gasteiger partial charge >= 0.3 is 0 Å². The lowest BCUT2D eigenvalue weighted by atomic mass is 9.90. The Hall–Kier alpha value is -4.04. The van der Waals surface area contributed by atoms with Crippen LogP contribution in [0, 0.1) is 17.2 Å². The van der Waals surface area contributed by atoms with E-state index < -0.39 is 0 Å². The second-order valence-electron chi connectivity index (χ2n) is 8.07. The van der Waals surface area contributed by atoms with Crippen LogP contribution >= 0.6 is 11.6 Å². The third kappa shape index (κ3) is 4.53. The summed E-state index contributed by atoms with van der Waals surface area (Å²) in [6, 6.07) is 9.51. The van der Waals surface area contributed by atoms with Gasteiger partial charge in [-0.3, -0.25) is 4.40 Å². The van der Waals surface area contributed by atoms with Crippen molar-refractivity contribution in [3.63, 3.8) is 0 Å². The number of piperidine rings is 1. The van der Waals surface area contributed by atoms with Crippen LogP contribution in [0.1, 0.15) is 25.5 Å². The maximum absolute atomic E-state index is 8.95. The number of pyridine rings is 1. The minimum atomic E-state index is 0.195. The van der Waals surface area contributed by atoms with Crippen molar-refractivity contribution < 1.29 is 0 Å². The number of hydrogen-bond acceptors (Lipinski definition) is 10. The average Bonchev–Trinajstić information content (AvgIpc) is 3.34. The summed E-state index contributed by atoms with van der Waals surface area (Å²) < 4.78 is 1.82. The molecule has 1 aliphatic heterocycles. The number of fused-ring (bicyclic) bond motifs is 1. The molecule has 0 radical (unpaired) electrons.